The Bertz CT molecular complexity index is 1100. The minimum Gasteiger partial charge on any atom is -0.371 e. The van der Waals surface area contributed by atoms with Gasteiger partial charge in [0.1, 0.15) is 5.15 Å². The van der Waals surface area contributed by atoms with E-state index >= 15 is 0 Å². The number of anilines is 4. The summed E-state index contributed by atoms with van der Waals surface area (Å²) in [6.45, 7) is 2.28. The van der Waals surface area contributed by atoms with E-state index in [-0.39, 0.29) is 11.1 Å². The van der Waals surface area contributed by atoms with E-state index in [1.807, 2.05) is 18.2 Å². The van der Waals surface area contributed by atoms with Crippen molar-refractivity contribution >= 4 is 50.3 Å². The maximum atomic E-state index is 12.6. The minimum atomic E-state index is -3.48. The maximum Gasteiger partial charge on any atom is 0.257 e. The van der Waals surface area contributed by atoms with E-state index in [1.54, 1.807) is 18.0 Å². The number of hydrogen-bond donors (Lipinski definition) is 1. The molecule has 2 aliphatic heterocycles. The van der Waals surface area contributed by atoms with Crippen LogP contribution in [0.5, 0.6) is 0 Å². The summed E-state index contributed by atoms with van der Waals surface area (Å²) in [7, 11) is -0.266. The first kappa shape index (κ1) is 19.8. The van der Waals surface area contributed by atoms with Gasteiger partial charge in [-0.05, 0) is 30.7 Å². The van der Waals surface area contributed by atoms with E-state index < -0.39 is 10.0 Å². The fraction of sp³-hybridized carbons (Fsp3) is 0.368. The number of sulfonamides is 1. The number of nitrogens with zero attached hydrogens (tertiary/aromatic N) is 4. The monoisotopic (exact) mass is 435 g/mol. The highest BCUT2D eigenvalue weighted by Crippen LogP contribution is 2.37. The van der Waals surface area contributed by atoms with Crippen LogP contribution >= 0.6 is 11.6 Å². The molecule has 0 saturated carbocycles. The predicted molar refractivity (Wildman–Crippen MR) is 115 cm³/mol. The molecular formula is C19H22ClN5O3S. The lowest BCUT2D eigenvalue weighted by molar-refractivity contribution is 0.0817. The maximum absolute atomic E-state index is 12.6. The molecule has 0 radical (unpaired) electrons. The molecule has 29 heavy (non-hydrogen) atoms. The van der Waals surface area contributed by atoms with Crippen molar-refractivity contribution in [1.29, 1.82) is 0 Å². The van der Waals surface area contributed by atoms with Gasteiger partial charge >= 0.3 is 0 Å². The number of nitrogens with one attached hydrogen (secondary N) is 1. The molecule has 0 unspecified atom stereocenters. The second-order valence-corrected chi connectivity index (χ2v) is 9.77. The summed E-state index contributed by atoms with van der Waals surface area (Å²) in [5.74, 6) is -0.151. The van der Waals surface area contributed by atoms with Gasteiger partial charge in [0.15, 0.2) is 0 Å². The van der Waals surface area contributed by atoms with E-state index in [0.717, 1.165) is 31.5 Å². The fourth-order valence-electron chi connectivity index (χ4n) is 3.48. The quantitative estimate of drug-likeness (QED) is 0.727. The summed E-state index contributed by atoms with van der Waals surface area (Å²) in [6.07, 6.45) is 2.28. The first-order valence-corrected chi connectivity index (χ1v) is 11.4. The average Bonchev–Trinajstić information content (AvgIpc) is 2.87. The number of hydrogen-bond acceptors (Lipinski definition) is 6. The normalized spacial score (nSPS) is 15.9. The molecule has 1 amide bonds. The molecule has 1 fully saturated rings. The highest BCUT2D eigenvalue weighted by atomic mass is 35.5. The molecule has 3 heterocycles. The third-order valence-electron chi connectivity index (χ3n) is 5.32. The van der Waals surface area contributed by atoms with Crippen molar-refractivity contribution in [2.75, 3.05) is 48.0 Å². The molecule has 0 bridgehead atoms. The van der Waals surface area contributed by atoms with Gasteiger partial charge in [0.25, 0.3) is 5.91 Å². The number of halogens is 1. The average molecular weight is 436 g/mol. The zero-order valence-electron chi connectivity index (χ0n) is 16.4. The SMILES string of the molecule is CN1Cc2nc(Cl)cc(Nc3ccc(N4CCC4)cc3N(C)S(C)(=O)=O)c2C1=O. The van der Waals surface area contributed by atoms with Crippen LogP contribution in [0.3, 0.4) is 0 Å². The number of aromatic nitrogens is 1. The van der Waals surface area contributed by atoms with E-state index in [1.165, 1.54) is 11.4 Å². The van der Waals surface area contributed by atoms with Gasteiger partial charge in [0.2, 0.25) is 10.0 Å². The fourth-order valence-corrected chi connectivity index (χ4v) is 4.20. The molecule has 2 aliphatic rings. The van der Waals surface area contributed by atoms with Gasteiger partial charge in [-0.3, -0.25) is 9.10 Å². The van der Waals surface area contributed by atoms with Gasteiger partial charge < -0.3 is 15.1 Å². The zero-order valence-corrected chi connectivity index (χ0v) is 18.0. The summed E-state index contributed by atoms with van der Waals surface area (Å²) in [5, 5.41) is 3.49. The van der Waals surface area contributed by atoms with Gasteiger partial charge in [-0.25, -0.2) is 13.4 Å². The predicted octanol–water partition coefficient (Wildman–Crippen LogP) is 2.67. The molecule has 154 valence electrons. The van der Waals surface area contributed by atoms with Gasteiger partial charge in [-0.15, -0.1) is 0 Å². The number of rotatable bonds is 5. The van der Waals surface area contributed by atoms with E-state index in [0.29, 0.717) is 34.9 Å². The van der Waals surface area contributed by atoms with Crippen LogP contribution in [0.15, 0.2) is 24.3 Å². The van der Waals surface area contributed by atoms with Crippen LogP contribution < -0.4 is 14.5 Å². The van der Waals surface area contributed by atoms with Crippen LogP contribution in [0.1, 0.15) is 22.5 Å². The van der Waals surface area contributed by atoms with Crippen LogP contribution in [0.2, 0.25) is 5.15 Å². The van der Waals surface area contributed by atoms with Crippen molar-refractivity contribution in [2.45, 2.75) is 13.0 Å². The molecule has 0 atom stereocenters. The lowest BCUT2D eigenvalue weighted by atomic mass is 10.1. The van der Waals surface area contributed by atoms with Gasteiger partial charge in [0, 0.05) is 32.9 Å². The van der Waals surface area contributed by atoms with Gasteiger partial charge in [-0.1, -0.05) is 11.6 Å². The highest BCUT2D eigenvalue weighted by Gasteiger charge is 2.30. The Labute approximate surface area is 175 Å². The largest absolute Gasteiger partial charge is 0.371 e. The van der Waals surface area contributed by atoms with Crippen molar-refractivity contribution < 1.29 is 13.2 Å². The number of pyridine rings is 1. The second-order valence-electron chi connectivity index (χ2n) is 7.37. The third-order valence-corrected chi connectivity index (χ3v) is 6.70. The standard InChI is InChI=1S/C19H22ClN5O3S/c1-23-11-15-18(19(23)26)14(10-17(20)22-15)21-13-6-5-12(25-7-4-8-25)9-16(13)24(2)29(3,27)28/h5-6,9-10H,4,7-8,11H2,1-3H3,(H,21,22). The molecule has 1 aromatic heterocycles. The second kappa shape index (κ2) is 7.07. The van der Waals surface area contributed by atoms with Crippen molar-refractivity contribution in [3.8, 4) is 0 Å². The number of amides is 1. The molecular weight excluding hydrogens is 414 g/mol. The summed E-state index contributed by atoms with van der Waals surface area (Å²) >= 11 is 6.16. The van der Waals surface area contributed by atoms with Crippen molar-refractivity contribution in [1.82, 2.24) is 9.88 Å². The first-order valence-electron chi connectivity index (χ1n) is 9.20. The molecule has 2 aromatic rings. The van der Waals surface area contributed by atoms with Crippen LogP contribution in [-0.2, 0) is 16.6 Å². The zero-order chi connectivity index (χ0) is 20.9. The summed E-state index contributed by atoms with van der Waals surface area (Å²) in [6, 6.07) is 7.21. The van der Waals surface area contributed by atoms with E-state index in [9.17, 15) is 13.2 Å². The first-order chi connectivity index (χ1) is 13.6. The molecule has 1 saturated heterocycles. The van der Waals surface area contributed by atoms with Crippen molar-refractivity contribution in [3.63, 3.8) is 0 Å². The molecule has 1 N–H and O–H groups in total. The Morgan fingerprint density at radius 1 is 1.21 bits per heavy atom. The summed E-state index contributed by atoms with van der Waals surface area (Å²) < 4.78 is 25.7. The van der Waals surface area contributed by atoms with Crippen LogP contribution in [0.25, 0.3) is 0 Å². The molecule has 0 spiro atoms. The summed E-state index contributed by atoms with van der Waals surface area (Å²) in [4.78, 5) is 20.6. The van der Waals surface area contributed by atoms with Crippen molar-refractivity contribution in [3.05, 3.63) is 40.7 Å². The Morgan fingerprint density at radius 3 is 2.55 bits per heavy atom. The topological polar surface area (TPSA) is 85.8 Å². The van der Waals surface area contributed by atoms with Gasteiger partial charge in [-0.2, -0.15) is 0 Å². The number of fused-ring (bicyclic) bond motifs is 1. The molecule has 0 aliphatic carbocycles. The highest BCUT2D eigenvalue weighted by molar-refractivity contribution is 7.92. The Kier molecular flexibility index (Phi) is 4.82. The lowest BCUT2D eigenvalue weighted by Gasteiger charge is -2.34. The Morgan fingerprint density at radius 2 is 1.93 bits per heavy atom. The number of carbonyl (C=O) groups excluding carboxylic acids is 1. The van der Waals surface area contributed by atoms with Crippen LogP contribution in [0, 0.1) is 0 Å². The Balaban J connectivity index is 1.79. The number of benzene rings is 1. The smallest absolute Gasteiger partial charge is 0.257 e. The lowest BCUT2D eigenvalue weighted by Crippen LogP contribution is -2.37. The van der Waals surface area contributed by atoms with Crippen LogP contribution in [-0.4, -0.2) is 57.6 Å². The molecule has 10 heteroatoms. The van der Waals surface area contributed by atoms with Crippen LogP contribution in [0.4, 0.5) is 22.7 Å². The van der Waals surface area contributed by atoms with Gasteiger partial charge in [0.05, 0.1) is 41.1 Å². The molecule has 4 rings (SSSR count). The van der Waals surface area contributed by atoms with Crippen molar-refractivity contribution in [2.24, 2.45) is 0 Å². The van der Waals surface area contributed by atoms with E-state index in [2.05, 4.69) is 15.2 Å². The minimum absolute atomic E-state index is 0.151. The Hall–Kier alpha value is -2.52. The summed E-state index contributed by atoms with van der Waals surface area (Å²) in [5.41, 5.74) is 3.58. The number of carbonyl (C=O) groups is 1. The van der Waals surface area contributed by atoms with E-state index in [4.69, 9.17) is 11.6 Å². The molecule has 1 aromatic carbocycles. The molecule has 8 nitrogen and oxygen atoms in total. The third kappa shape index (κ3) is 3.60.